The molecule has 1 unspecified atom stereocenters. The number of aliphatic hydroxyl groups is 1. The van der Waals surface area contributed by atoms with Gasteiger partial charge in [0.1, 0.15) is 0 Å². The number of ether oxygens (including phenoxy) is 1. The molecule has 1 atom stereocenters. The molecule has 0 bridgehead atoms. The predicted octanol–water partition coefficient (Wildman–Crippen LogP) is 2.21. The lowest BCUT2D eigenvalue weighted by atomic mass is 9.83. The summed E-state index contributed by atoms with van der Waals surface area (Å²) in [7, 11) is 0. The van der Waals surface area contributed by atoms with E-state index in [-0.39, 0.29) is 25.4 Å². The maximum Gasteiger partial charge on any atom is 0.248 e. The molecule has 1 aliphatic carbocycles. The van der Waals surface area contributed by atoms with Crippen LogP contribution in [0.25, 0.3) is 0 Å². The molecule has 0 aromatic heterocycles. The number of halogens is 2. The predicted molar refractivity (Wildman–Crippen MR) is 49.4 cm³/mol. The highest BCUT2D eigenvalue weighted by Gasteiger charge is 2.37. The molecule has 4 heteroatoms. The summed E-state index contributed by atoms with van der Waals surface area (Å²) in [6.45, 7) is 2.68. The summed E-state index contributed by atoms with van der Waals surface area (Å²) in [4.78, 5) is 0. The Morgan fingerprint density at radius 3 is 2.50 bits per heavy atom. The van der Waals surface area contributed by atoms with Crippen molar-refractivity contribution in [2.24, 2.45) is 5.92 Å². The maximum absolute atomic E-state index is 12.8. The van der Waals surface area contributed by atoms with E-state index < -0.39 is 12.0 Å². The van der Waals surface area contributed by atoms with Gasteiger partial charge in [0.25, 0.3) is 0 Å². The first kappa shape index (κ1) is 11.9. The van der Waals surface area contributed by atoms with E-state index in [9.17, 15) is 13.9 Å². The highest BCUT2D eigenvalue weighted by Crippen LogP contribution is 2.37. The van der Waals surface area contributed by atoms with Gasteiger partial charge < -0.3 is 9.84 Å². The van der Waals surface area contributed by atoms with Crippen LogP contribution in [0.3, 0.4) is 0 Å². The number of hydrogen-bond acceptors (Lipinski definition) is 2. The van der Waals surface area contributed by atoms with Crippen molar-refractivity contribution in [2.45, 2.75) is 44.6 Å². The molecule has 14 heavy (non-hydrogen) atoms. The summed E-state index contributed by atoms with van der Waals surface area (Å²) in [5.74, 6) is -2.52. The third-order valence-electron chi connectivity index (χ3n) is 2.80. The molecule has 0 saturated heterocycles. The van der Waals surface area contributed by atoms with Crippen LogP contribution in [0.15, 0.2) is 0 Å². The molecule has 1 fully saturated rings. The van der Waals surface area contributed by atoms with Crippen molar-refractivity contribution in [1.82, 2.24) is 0 Å². The van der Waals surface area contributed by atoms with Gasteiger partial charge in [-0.05, 0) is 25.7 Å². The third-order valence-corrected chi connectivity index (χ3v) is 2.80. The Hall–Kier alpha value is -0.220. The van der Waals surface area contributed by atoms with Crippen LogP contribution in [0.1, 0.15) is 32.6 Å². The highest BCUT2D eigenvalue weighted by molar-refractivity contribution is 4.81. The minimum absolute atomic E-state index is 0.0128. The van der Waals surface area contributed by atoms with Gasteiger partial charge in [0.15, 0.2) is 0 Å². The molecule has 1 N–H and O–H groups in total. The summed E-state index contributed by atoms with van der Waals surface area (Å²) in [6.07, 6.45) is 0.0375. The molecule has 0 amide bonds. The second-order valence-electron chi connectivity index (χ2n) is 3.92. The summed E-state index contributed by atoms with van der Waals surface area (Å²) in [6, 6.07) is 0. The van der Waals surface area contributed by atoms with Crippen molar-refractivity contribution in [3.63, 3.8) is 0 Å². The second-order valence-corrected chi connectivity index (χ2v) is 3.92. The van der Waals surface area contributed by atoms with Crippen LogP contribution in [-0.4, -0.2) is 30.3 Å². The van der Waals surface area contributed by atoms with Gasteiger partial charge in [0, 0.05) is 19.4 Å². The highest BCUT2D eigenvalue weighted by atomic mass is 19.3. The topological polar surface area (TPSA) is 29.5 Å². The SMILES string of the molecule is CCOCC(O)C1CCC(F)(F)CC1. The Kier molecular flexibility index (Phi) is 4.26. The summed E-state index contributed by atoms with van der Waals surface area (Å²) in [5, 5.41) is 9.61. The summed E-state index contributed by atoms with van der Waals surface area (Å²) in [5.41, 5.74) is 0. The Morgan fingerprint density at radius 1 is 1.43 bits per heavy atom. The lowest BCUT2D eigenvalue weighted by Crippen LogP contribution is -2.33. The molecule has 84 valence electrons. The first-order valence-corrected chi connectivity index (χ1v) is 5.19. The quantitative estimate of drug-likeness (QED) is 0.767. The van der Waals surface area contributed by atoms with Crippen molar-refractivity contribution < 1.29 is 18.6 Å². The maximum atomic E-state index is 12.8. The van der Waals surface area contributed by atoms with Crippen molar-refractivity contribution in [1.29, 1.82) is 0 Å². The zero-order valence-corrected chi connectivity index (χ0v) is 8.51. The molecular weight excluding hydrogens is 190 g/mol. The first-order chi connectivity index (χ1) is 6.55. The number of alkyl halides is 2. The molecule has 0 aromatic carbocycles. The van der Waals surface area contributed by atoms with Crippen LogP contribution in [0.5, 0.6) is 0 Å². The first-order valence-electron chi connectivity index (χ1n) is 5.19. The van der Waals surface area contributed by atoms with E-state index in [1.807, 2.05) is 6.92 Å². The van der Waals surface area contributed by atoms with E-state index in [0.717, 1.165) is 0 Å². The van der Waals surface area contributed by atoms with Crippen molar-refractivity contribution in [2.75, 3.05) is 13.2 Å². The Balaban J connectivity index is 2.27. The fraction of sp³-hybridized carbons (Fsp3) is 1.00. The molecule has 0 aromatic rings. The monoisotopic (exact) mass is 208 g/mol. The molecule has 1 rings (SSSR count). The van der Waals surface area contributed by atoms with Gasteiger partial charge in [-0.25, -0.2) is 8.78 Å². The van der Waals surface area contributed by atoms with E-state index in [4.69, 9.17) is 4.74 Å². The van der Waals surface area contributed by atoms with Gasteiger partial charge in [-0.15, -0.1) is 0 Å². The van der Waals surface area contributed by atoms with Crippen LogP contribution in [0, 0.1) is 5.92 Å². The molecule has 1 aliphatic rings. The van der Waals surface area contributed by atoms with Crippen LogP contribution in [-0.2, 0) is 4.74 Å². The van der Waals surface area contributed by atoms with Gasteiger partial charge >= 0.3 is 0 Å². The Bertz CT molecular complexity index is 164. The number of aliphatic hydroxyl groups excluding tert-OH is 1. The summed E-state index contributed by atoms with van der Waals surface area (Å²) < 4.78 is 30.6. The molecular formula is C10H18F2O2. The third kappa shape index (κ3) is 3.50. The number of rotatable bonds is 4. The van der Waals surface area contributed by atoms with Gasteiger partial charge in [-0.1, -0.05) is 0 Å². The summed E-state index contributed by atoms with van der Waals surface area (Å²) >= 11 is 0. The van der Waals surface area contributed by atoms with Crippen LogP contribution in [0.2, 0.25) is 0 Å². The normalized spacial score (nSPS) is 24.9. The van der Waals surface area contributed by atoms with Crippen molar-refractivity contribution >= 4 is 0 Å². The van der Waals surface area contributed by atoms with E-state index in [2.05, 4.69) is 0 Å². The number of hydrogen-bond donors (Lipinski definition) is 1. The van der Waals surface area contributed by atoms with Crippen molar-refractivity contribution in [3.05, 3.63) is 0 Å². The van der Waals surface area contributed by atoms with E-state index in [0.29, 0.717) is 19.4 Å². The Morgan fingerprint density at radius 2 is 2.00 bits per heavy atom. The van der Waals surface area contributed by atoms with E-state index >= 15 is 0 Å². The average Bonchev–Trinajstić information content (AvgIpc) is 2.14. The zero-order chi connectivity index (χ0) is 10.6. The molecule has 0 radical (unpaired) electrons. The van der Waals surface area contributed by atoms with Crippen molar-refractivity contribution in [3.8, 4) is 0 Å². The van der Waals surface area contributed by atoms with Crippen LogP contribution >= 0.6 is 0 Å². The second kappa shape index (κ2) is 5.03. The molecule has 0 heterocycles. The molecule has 0 spiro atoms. The minimum atomic E-state index is -2.51. The van der Waals surface area contributed by atoms with Crippen LogP contribution in [0.4, 0.5) is 8.78 Å². The fourth-order valence-electron chi connectivity index (χ4n) is 1.82. The van der Waals surface area contributed by atoms with E-state index in [1.165, 1.54) is 0 Å². The molecule has 2 nitrogen and oxygen atoms in total. The Labute approximate surface area is 83.3 Å². The van der Waals surface area contributed by atoms with Gasteiger partial charge in [-0.2, -0.15) is 0 Å². The fourth-order valence-corrected chi connectivity index (χ4v) is 1.82. The van der Waals surface area contributed by atoms with Gasteiger partial charge in [0.05, 0.1) is 12.7 Å². The minimum Gasteiger partial charge on any atom is -0.390 e. The van der Waals surface area contributed by atoms with Crippen LogP contribution < -0.4 is 0 Å². The average molecular weight is 208 g/mol. The van der Waals surface area contributed by atoms with Gasteiger partial charge in [0.2, 0.25) is 5.92 Å². The lowest BCUT2D eigenvalue weighted by Gasteiger charge is -2.31. The zero-order valence-electron chi connectivity index (χ0n) is 8.51. The molecule has 1 saturated carbocycles. The van der Waals surface area contributed by atoms with Gasteiger partial charge in [-0.3, -0.25) is 0 Å². The largest absolute Gasteiger partial charge is 0.390 e. The molecule has 0 aliphatic heterocycles. The van der Waals surface area contributed by atoms with E-state index in [1.54, 1.807) is 0 Å². The lowest BCUT2D eigenvalue weighted by molar-refractivity contribution is -0.0736. The smallest absolute Gasteiger partial charge is 0.248 e. The standard InChI is InChI=1S/C10H18F2O2/c1-2-14-7-9(13)8-3-5-10(11,12)6-4-8/h8-9,13H,2-7H2,1H3.